The Morgan fingerprint density at radius 3 is 3.10 bits per heavy atom. The van der Waals surface area contributed by atoms with Crippen molar-refractivity contribution in [3.8, 4) is 0 Å². The van der Waals surface area contributed by atoms with Crippen molar-refractivity contribution in [1.82, 2.24) is 4.90 Å². The van der Waals surface area contributed by atoms with Gasteiger partial charge in [-0.3, -0.25) is 4.90 Å². The average Bonchev–Trinajstić information content (AvgIpc) is 2.96. The number of rotatable bonds is 2. The van der Waals surface area contributed by atoms with Gasteiger partial charge in [0.05, 0.1) is 25.4 Å². The maximum absolute atomic E-state index is 6.20. The maximum Gasteiger partial charge on any atom is 0.107 e. The Kier molecular flexibility index (Phi) is 3.14. The molecule has 2 saturated heterocycles. The molecule has 3 heteroatoms. The van der Waals surface area contributed by atoms with Crippen LogP contribution in [0.2, 0.25) is 0 Å². The number of allylic oxidation sites excluding steroid dienone is 5. The van der Waals surface area contributed by atoms with Gasteiger partial charge in [0, 0.05) is 6.54 Å². The first-order valence-electron chi connectivity index (χ1n) is 7.66. The lowest BCUT2D eigenvalue weighted by Gasteiger charge is -2.48. The molecule has 0 aromatic rings. The molecule has 0 aromatic carbocycles. The van der Waals surface area contributed by atoms with E-state index in [2.05, 4.69) is 42.2 Å². The van der Waals surface area contributed by atoms with Gasteiger partial charge in [0.15, 0.2) is 0 Å². The summed E-state index contributed by atoms with van der Waals surface area (Å²) in [6.45, 7) is 6.01. The molecule has 1 unspecified atom stereocenters. The van der Waals surface area contributed by atoms with E-state index >= 15 is 0 Å². The van der Waals surface area contributed by atoms with Gasteiger partial charge in [-0.05, 0) is 29.7 Å². The van der Waals surface area contributed by atoms with Crippen LogP contribution in [0.4, 0.5) is 0 Å². The zero-order chi connectivity index (χ0) is 13.5. The van der Waals surface area contributed by atoms with Gasteiger partial charge in [-0.1, -0.05) is 37.3 Å². The summed E-state index contributed by atoms with van der Waals surface area (Å²) in [5.41, 5.74) is 3.90. The Bertz CT molecular complexity index is 527. The van der Waals surface area contributed by atoms with E-state index in [9.17, 15) is 0 Å². The lowest BCUT2D eigenvalue weighted by Crippen LogP contribution is -2.59. The molecular formula is C17H21NO2. The molecule has 2 aliphatic carbocycles. The SMILES string of the molecule is CCCN1CCO[C@@H]2C3=CC=C4C=CC=C4C3OC[C@H]21. The summed E-state index contributed by atoms with van der Waals surface area (Å²) < 4.78 is 12.3. The van der Waals surface area contributed by atoms with Crippen LogP contribution in [0.15, 0.2) is 47.1 Å². The topological polar surface area (TPSA) is 21.7 Å². The van der Waals surface area contributed by atoms with E-state index in [0.717, 1.165) is 26.3 Å². The van der Waals surface area contributed by atoms with E-state index in [0.29, 0.717) is 6.04 Å². The van der Waals surface area contributed by atoms with E-state index in [4.69, 9.17) is 9.47 Å². The predicted octanol–water partition coefficient (Wildman–Crippen LogP) is 2.23. The van der Waals surface area contributed by atoms with Crippen LogP contribution in [0.3, 0.4) is 0 Å². The fourth-order valence-corrected chi connectivity index (χ4v) is 3.76. The fraction of sp³-hybridized carbons (Fsp3) is 0.529. The van der Waals surface area contributed by atoms with E-state index in [1.165, 1.54) is 23.1 Å². The molecule has 20 heavy (non-hydrogen) atoms. The summed E-state index contributed by atoms with van der Waals surface area (Å²) in [7, 11) is 0. The lowest BCUT2D eigenvalue weighted by atomic mass is 9.83. The molecular weight excluding hydrogens is 250 g/mol. The van der Waals surface area contributed by atoms with Crippen LogP contribution in [-0.2, 0) is 9.47 Å². The Hall–Kier alpha value is -1.16. The second-order valence-corrected chi connectivity index (χ2v) is 5.88. The molecule has 0 bridgehead atoms. The quantitative estimate of drug-likeness (QED) is 0.769. The molecule has 4 rings (SSSR count). The standard InChI is InChI=1S/C17H21NO2/c1-2-8-18-9-10-19-17-14-7-6-12-4-3-5-13(12)16(14)20-11-15(17)18/h3-7,15-17H,2,8-11H2,1H3/t15-,16?,17-/m1/s1. The van der Waals surface area contributed by atoms with Crippen molar-refractivity contribution in [3.05, 3.63) is 47.1 Å². The van der Waals surface area contributed by atoms with Crippen LogP contribution < -0.4 is 0 Å². The molecule has 0 spiro atoms. The normalized spacial score (nSPS) is 35.6. The van der Waals surface area contributed by atoms with Gasteiger partial charge in [-0.25, -0.2) is 0 Å². The summed E-state index contributed by atoms with van der Waals surface area (Å²) in [6, 6.07) is 0.385. The average molecular weight is 271 g/mol. The van der Waals surface area contributed by atoms with Gasteiger partial charge in [0.2, 0.25) is 0 Å². The first-order valence-corrected chi connectivity index (χ1v) is 7.66. The summed E-state index contributed by atoms with van der Waals surface area (Å²) in [5, 5.41) is 0. The maximum atomic E-state index is 6.20. The van der Waals surface area contributed by atoms with Crippen LogP contribution in [0, 0.1) is 0 Å². The summed E-state index contributed by atoms with van der Waals surface area (Å²) >= 11 is 0. The Labute approximate surface area is 120 Å². The third kappa shape index (κ3) is 1.85. The summed E-state index contributed by atoms with van der Waals surface area (Å²) in [4.78, 5) is 2.53. The van der Waals surface area contributed by atoms with Gasteiger partial charge in [0.1, 0.15) is 6.10 Å². The number of morpholine rings is 1. The van der Waals surface area contributed by atoms with Crippen molar-refractivity contribution < 1.29 is 9.47 Å². The molecule has 3 nitrogen and oxygen atoms in total. The minimum absolute atomic E-state index is 0.104. The van der Waals surface area contributed by atoms with E-state index in [1.54, 1.807) is 0 Å². The molecule has 3 atom stereocenters. The predicted molar refractivity (Wildman–Crippen MR) is 78.5 cm³/mol. The van der Waals surface area contributed by atoms with Crippen molar-refractivity contribution in [2.45, 2.75) is 31.6 Å². The number of nitrogens with zero attached hydrogens (tertiary/aromatic N) is 1. The Balaban J connectivity index is 1.64. The Morgan fingerprint density at radius 2 is 2.20 bits per heavy atom. The van der Waals surface area contributed by atoms with Crippen LogP contribution in [0.1, 0.15) is 13.3 Å². The van der Waals surface area contributed by atoms with Gasteiger partial charge >= 0.3 is 0 Å². The largest absolute Gasteiger partial charge is 0.371 e. The molecule has 0 aromatic heterocycles. The summed E-state index contributed by atoms with van der Waals surface area (Å²) in [6.07, 6.45) is 12.4. The number of hydrogen-bond acceptors (Lipinski definition) is 3. The minimum Gasteiger partial charge on any atom is -0.371 e. The molecule has 0 radical (unpaired) electrons. The zero-order valence-electron chi connectivity index (χ0n) is 11.9. The van der Waals surface area contributed by atoms with Crippen LogP contribution in [0.25, 0.3) is 0 Å². The van der Waals surface area contributed by atoms with Crippen molar-refractivity contribution in [1.29, 1.82) is 0 Å². The molecule has 0 saturated carbocycles. The molecule has 4 aliphatic rings. The first kappa shape index (κ1) is 12.6. The van der Waals surface area contributed by atoms with Crippen molar-refractivity contribution >= 4 is 0 Å². The van der Waals surface area contributed by atoms with Gasteiger partial charge in [0.25, 0.3) is 0 Å². The highest BCUT2D eigenvalue weighted by Gasteiger charge is 2.43. The number of ether oxygens (including phenoxy) is 2. The van der Waals surface area contributed by atoms with E-state index in [1.807, 2.05) is 0 Å². The molecule has 0 N–H and O–H groups in total. The van der Waals surface area contributed by atoms with E-state index < -0.39 is 0 Å². The summed E-state index contributed by atoms with van der Waals surface area (Å²) in [5.74, 6) is 0. The van der Waals surface area contributed by atoms with Gasteiger partial charge in [-0.15, -0.1) is 0 Å². The highest BCUT2D eigenvalue weighted by Crippen LogP contribution is 2.39. The van der Waals surface area contributed by atoms with Gasteiger partial charge < -0.3 is 9.47 Å². The van der Waals surface area contributed by atoms with Crippen LogP contribution in [0.5, 0.6) is 0 Å². The van der Waals surface area contributed by atoms with E-state index in [-0.39, 0.29) is 12.2 Å². The molecule has 2 heterocycles. The number of hydrogen-bond donors (Lipinski definition) is 0. The Morgan fingerprint density at radius 1 is 1.25 bits per heavy atom. The van der Waals surface area contributed by atoms with Crippen molar-refractivity contribution in [2.24, 2.45) is 0 Å². The smallest absolute Gasteiger partial charge is 0.107 e. The second kappa shape index (κ2) is 4.99. The minimum atomic E-state index is 0.104. The third-order valence-electron chi connectivity index (χ3n) is 4.69. The highest BCUT2D eigenvalue weighted by atomic mass is 16.5. The fourth-order valence-electron chi connectivity index (χ4n) is 3.76. The van der Waals surface area contributed by atoms with Crippen LogP contribution in [-0.4, -0.2) is 49.5 Å². The van der Waals surface area contributed by atoms with Crippen molar-refractivity contribution in [2.75, 3.05) is 26.3 Å². The molecule has 2 fully saturated rings. The molecule has 0 amide bonds. The monoisotopic (exact) mass is 271 g/mol. The molecule has 2 aliphatic heterocycles. The number of fused-ring (bicyclic) bond motifs is 5. The second-order valence-electron chi connectivity index (χ2n) is 5.88. The van der Waals surface area contributed by atoms with Crippen LogP contribution >= 0.6 is 0 Å². The first-order chi connectivity index (χ1) is 9.88. The van der Waals surface area contributed by atoms with Crippen molar-refractivity contribution in [3.63, 3.8) is 0 Å². The molecule has 106 valence electrons. The van der Waals surface area contributed by atoms with Gasteiger partial charge in [-0.2, -0.15) is 0 Å². The zero-order valence-corrected chi connectivity index (χ0v) is 11.9. The lowest BCUT2D eigenvalue weighted by molar-refractivity contribution is -0.116. The highest BCUT2D eigenvalue weighted by molar-refractivity contribution is 5.58. The third-order valence-corrected chi connectivity index (χ3v) is 4.69.